The van der Waals surface area contributed by atoms with Crippen LogP contribution >= 0.6 is 0 Å². The number of nitrogens with zero attached hydrogens (tertiary/aromatic N) is 2. The highest BCUT2D eigenvalue weighted by Crippen LogP contribution is 2.15. The Balaban J connectivity index is 1.64. The highest BCUT2D eigenvalue weighted by molar-refractivity contribution is 5.94. The molecule has 1 N–H and O–H groups in total. The first kappa shape index (κ1) is 17.0. The lowest BCUT2D eigenvalue weighted by Crippen LogP contribution is -2.35. The van der Waals surface area contributed by atoms with Crippen molar-refractivity contribution < 1.29 is 14.3 Å². The van der Waals surface area contributed by atoms with Crippen LogP contribution in [-0.2, 0) is 11.3 Å². The van der Waals surface area contributed by atoms with Crippen molar-refractivity contribution in [2.75, 3.05) is 13.7 Å². The van der Waals surface area contributed by atoms with Crippen molar-refractivity contribution in [2.24, 2.45) is 0 Å². The van der Waals surface area contributed by atoms with Crippen LogP contribution < -0.4 is 10.1 Å². The van der Waals surface area contributed by atoms with E-state index in [9.17, 15) is 4.79 Å². The summed E-state index contributed by atoms with van der Waals surface area (Å²) in [5, 5.41) is 2.88. The van der Waals surface area contributed by atoms with Crippen LogP contribution in [0, 0.1) is 0 Å². The summed E-state index contributed by atoms with van der Waals surface area (Å²) < 4.78 is 12.8. The molecule has 0 fully saturated rings. The number of imidazole rings is 1. The summed E-state index contributed by atoms with van der Waals surface area (Å²) in [6.07, 6.45) is 3.87. The van der Waals surface area contributed by atoms with Gasteiger partial charge >= 0.3 is 0 Å². The molecular weight excluding hydrogens is 318 g/mol. The largest absolute Gasteiger partial charge is 0.487 e. The van der Waals surface area contributed by atoms with E-state index >= 15 is 0 Å². The molecule has 2 heterocycles. The fourth-order valence-corrected chi connectivity index (χ4v) is 2.54. The first-order valence-electron chi connectivity index (χ1n) is 8.11. The molecule has 1 unspecified atom stereocenters. The molecule has 0 bridgehead atoms. The lowest BCUT2D eigenvalue weighted by atomic mass is 10.2. The van der Waals surface area contributed by atoms with Crippen molar-refractivity contribution in [1.82, 2.24) is 14.7 Å². The van der Waals surface area contributed by atoms with E-state index in [1.807, 2.05) is 48.0 Å². The summed E-state index contributed by atoms with van der Waals surface area (Å²) in [5.74, 6) is 0.479. The van der Waals surface area contributed by atoms with Crippen molar-refractivity contribution in [3.8, 4) is 5.75 Å². The molecular formula is C19H21N3O3. The number of methoxy groups -OCH3 is 1. The first-order chi connectivity index (χ1) is 12.2. The highest BCUT2D eigenvalue weighted by atomic mass is 16.5. The van der Waals surface area contributed by atoms with Gasteiger partial charge in [-0.1, -0.05) is 12.1 Å². The number of amides is 1. The van der Waals surface area contributed by atoms with Crippen LogP contribution in [0.3, 0.4) is 0 Å². The fraction of sp³-hybridized carbons (Fsp3) is 0.263. The van der Waals surface area contributed by atoms with Gasteiger partial charge in [0.15, 0.2) is 0 Å². The molecule has 25 heavy (non-hydrogen) atoms. The lowest BCUT2D eigenvalue weighted by Gasteiger charge is -2.13. The lowest BCUT2D eigenvalue weighted by molar-refractivity contribution is 0.0905. The van der Waals surface area contributed by atoms with Gasteiger partial charge in [0.25, 0.3) is 5.91 Å². The number of hydrogen-bond acceptors (Lipinski definition) is 4. The van der Waals surface area contributed by atoms with Gasteiger partial charge in [-0.25, -0.2) is 4.98 Å². The third kappa shape index (κ3) is 4.36. The molecule has 0 radical (unpaired) electrons. The van der Waals surface area contributed by atoms with E-state index in [0.717, 1.165) is 11.3 Å². The second-order valence-electron chi connectivity index (χ2n) is 5.84. The van der Waals surface area contributed by atoms with Crippen molar-refractivity contribution in [3.63, 3.8) is 0 Å². The van der Waals surface area contributed by atoms with E-state index in [2.05, 4.69) is 10.3 Å². The Bertz CT molecular complexity index is 827. The standard InChI is InChI=1S/C19H21N3O3/c1-14(12-24-2)20-19(23)15-6-5-7-17(10-15)25-13-16-11-22-9-4-3-8-18(22)21-16/h3-11,14H,12-13H2,1-2H3,(H,20,23). The predicted octanol–water partition coefficient (Wildman–Crippen LogP) is 2.68. The van der Waals surface area contributed by atoms with Gasteiger partial charge in [-0.15, -0.1) is 0 Å². The Labute approximate surface area is 146 Å². The highest BCUT2D eigenvalue weighted by Gasteiger charge is 2.10. The minimum absolute atomic E-state index is 0.0555. The molecule has 0 aliphatic heterocycles. The smallest absolute Gasteiger partial charge is 0.251 e. The van der Waals surface area contributed by atoms with E-state index in [-0.39, 0.29) is 11.9 Å². The topological polar surface area (TPSA) is 64.9 Å². The number of fused-ring (bicyclic) bond motifs is 1. The van der Waals surface area contributed by atoms with Gasteiger partial charge in [-0.05, 0) is 37.3 Å². The van der Waals surface area contributed by atoms with Gasteiger partial charge in [0.2, 0.25) is 0 Å². The predicted molar refractivity (Wildman–Crippen MR) is 94.8 cm³/mol. The summed E-state index contributed by atoms with van der Waals surface area (Å²) in [5.41, 5.74) is 2.26. The number of pyridine rings is 1. The average molecular weight is 339 g/mol. The van der Waals surface area contributed by atoms with Gasteiger partial charge in [-0.2, -0.15) is 0 Å². The number of benzene rings is 1. The number of nitrogens with one attached hydrogen (secondary N) is 1. The molecule has 3 rings (SSSR count). The molecule has 6 nitrogen and oxygen atoms in total. The molecule has 0 aliphatic rings. The summed E-state index contributed by atoms with van der Waals surface area (Å²) in [6, 6.07) is 12.9. The van der Waals surface area contributed by atoms with Crippen LogP contribution in [0.25, 0.3) is 5.65 Å². The van der Waals surface area contributed by atoms with E-state index in [1.54, 1.807) is 25.3 Å². The molecule has 0 saturated carbocycles. The van der Waals surface area contributed by atoms with Crippen molar-refractivity contribution in [1.29, 1.82) is 0 Å². The number of carbonyl (C=O) groups is 1. The molecule has 0 aliphatic carbocycles. The molecule has 1 aromatic carbocycles. The molecule has 6 heteroatoms. The maximum absolute atomic E-state index is 12.2. The summed E-state index contributed by atoms with van der Waals surface area (Å²) in [4.78, 5) is 16.7. The molecule has 1 atom stereocenters. The second-order valence-corrected chi connectivity index (χ2v) is 5.84. The normalized spacial score (nSPS) is 12.1. The van der Waals surface area contributed by atoms with Crippen LogP contribution in [0.2, 0.25) is 0 Å². The van der Waals surface area contributed by atoms with E-state index in [1.165, 1.54) is 0 Å². The summed E-state index contributed by atoms with van der Waals surface area (Å²) in [6.45, 7) is 2.70. The minimum Gasteiger partial charge on any atom is -0.487 e. The fourth-order valence-electron chi connectivity index (χ4n) is 2.54. The minimum atomic E-state index is -0.150. The Morgan fingerprint density at radius 1 is 1.28 bits per heavy atom. The van der Waals surface area contributed by atoms with E-state index < -0.39 is 0 Å². The Kier molecular flexibility index (Phi) is 5.30. The molecule has 2 aromatic heterocycles. The maximum Gasteiger partial charge on any atom is 0.251 e. The third-order valence-electron chi connectivity index (χ3n) is 3.69. The molecule has 0 saturated heterocycles. The van der Waals surface area contributed by atoms with Crippen LogP contribution in [0.15, 0.2) is 54.9 Å². The first-order valence-corrected chi connectivity index (χ1v) is 8.11. The molecule has 3 aromatic rings. The zero-order chi connectivity index (χ0) is 17.6. The monoisotopic (exact) mass is 339 g/mol. The number of rotatable bonds is 7. The van der Waals surface area contributed by atoms with Crippen LogP contribution in [0.4, 0.5) is 0 Å². The number of aromatic nitrogens is 2. The molecule has 130 valence electrons. The zero-order valence-corrected chi connectivity index (χ0v) is 14.3. The van der Waals surface area contributed by atoms with Gasteiger partial charge in [0.1, 0.15) is 18.0 Å². The molecule has 1 amide bonds. The average Bonchev–Trinajstić information content (AvgIpc) is 3.03. The number of carbonyl (C=O) groups excluding carboxylic acids is 1. The van der Waals surface area contributed by atoms with Crippen molar-refractivity contribution in [2.45, 2.75) is 19.6 Å². The maximum atomic E-state index is 12.2. The van der Waals surface area contributed by atoms with Gasteiger partial charge in [-0.3, -0.25) is 4.79 Å². The van der Waals surface area contributed by atoms with Gasteiger partial charge in [0.05, 0.1) is 12.3 Å². The second kappa shape index (κ2) is 7.81. The Hall–Kier alpha value is -2.86. The van der Waals surface area contributed by atoms with Crippen LogP contribution in [-0.4, -0.2) is 35.1 Å². The van der Waals surface area contributed by atoms with E-state index in [4.69, 9.17) is 9.47 Å². The third-order valence-corrected chi connectivity index (χ3v) is 3.69. The van der Waals surface area contributed by atoms with Crippen LogP contribution in [0.5, 0.6) is 5.75 Å². The van der Waals surface area contributed by atoms with Crippen molar-refractivity contribution in [3.05, 3.63) is 66.1 Å². The number of ether oxygens (including phenoxy) is 2. The van der Waals surface area contributed by atoms with Gasteiger partial charge < -0.3 is 19.2 Å². The SMILES string of the molecule is COCC(C)NC(=O)c1cccc(OCc2cn3ccccc3n2)c1. The summed E-state index contributed by atoms with van der Waals surface area (Å²) >= 11 is 0. The quantitative estimate of drug-likeness (QED) is 0.719. The molecule has 0 spiro atoms. The van der Waals surface area contributed by atoms with Crippen molar-refractivity contribution >= 4 is 11.6 Å². The van der Waals surface area contributed by atoms with E-state index in [0.29, 0.717) is 24.5 Å². The Morgan fingerprint density at radius 3 is 2.96 bits per heavy atom. The zero-order valence-electron chi connectivity index (χ0n) is 14.3. The van der Waals surface area contributed by atoms with Gasteiger partial charge in [0, 0.05) is 31.1 Å². The Morgan fingerprint density at radius 2 is 2.16 bits per heavy atom. The summed E-state index contributed by atoms with van der Waals surface area (Å²) in [7, 11) is 1.61. The van der Waals surface area contributed by atoms with Crippen LogP contribution in [0.1, 0.15) is 23.0 Å². The number of hydrogen-bond donors (Lipinski definition) is 1.